The SMILES string of the molecule is CSc1ccc(C(=O)c2cnoc2C2CC2)c(SC)c1. The van der Waals surface area contributed by atoms with Gasteiger partial charge in [0.25, 0.3) is 0 Å². The molecule has 0 bridgehead atoms. The van der Waals surface area contributed by atoms with Gasteiger partial charge in [-0.1, -0.05) is 5.16 Å². The Labute approximate surface area is 126 Å². The molecule has 0 unspecified atom stereocenters. The van der Waals surface area contributed by atoms with Crippen LogP contribution in [0.1, 0.15) is 40.4 Å². The maximum Gasteiger partial charge on any atom is 0.199 e. The van der Waals surface area contributed by atoms with Gasteiger partial charge in [0, 0.05) is 21.3 Å². The Hall–Kier alpha value is -1.20. The van der Waals surface area contributed by atoms with Gasteiger partial charge in [-0.05, 0) is 43.6 Å². The average Bonchev–Trinajstić information content (AvgIpc) is 3.22. The third-order valence-electron chi connectivity index (χ3n) is 3.44. The van der Waals surface area contributed by atoms with Gasteiger partial charge < -0.3 is 4.52 Å². The molecule has 104 valence electrons. The predicted molar refractivity (Wildman–Crippen MR) is 81.9 cm³/mol. The van der Waals surface area contributed by atoms with Crippen LogP contribution >= 0.6 is 23.5 Å². The topological polar surface area (TPSA) is 43.1 Å². The lowest BCUT2D eigenvalue weighted by molar-refractivity contribution is 0.103. The first-order chi connectivity index (χ1) is 9.74. The molecule has 1 heterocycles. The lowest BCUT2D eigenvalue weighted by Crippen LogP contribution is -2.04. The van der Waals surface area contributed by atoms with E-state index in [1.165, 1.54) is 4.90 Å². The summed E-state index contributed by atoms with van der Waals surface area (Å²) in [6.45, 7) is 0. The maximum atomic E-state index is 12.7. The summed E-state index contributed by atoms with van der Waals surface area (Å²) in [7, 11) is 0. The fourth-order valence-electron chi connectivity index (χ4n) is 2.19. The zero-order valence-electron chi connectivity index (χ0n) is 11.4. The second-order valence-corrected chi connectivity index (χ2v) is 6.50. The Morgan fingerprint density at radius 3 is 2.70 bits per heavy atom. The van der Waals surface area contributed by atoms with E-state index in [4.69, 9.17) is 4.52 Å². The summed E-state index contributed by atoms with van der Waals surface area (Å²) in [4.78, 5) is 14.9. The number of hydrogen-bond donors (Lipinski definition) is 0. The first-order valence-corrected chi connectivity index (χ1v) is 8.91. The number of carbonyl (C=O) groups is 1. The number of thioether (sulfide) groups is 2. The monoisotopic (exact) mass is 305 g/mol. The third kappa shape index (κ3) is 2.52. The second kappa shape index (κ2) is 5.66. The summed E-state index contributed by atoms with van der Waals surface area (Å²) in [5.41, 5.74) is 1.36. The van der Waals surface area contributed by atoms with E-state index in [2.05, 4.69) is 11.2 Å². The van der Waals surface area contributed by atoms with Gasteiger partial charge in [0.15, 0.2) is 11.5 Å². The predicted octanol–water partition coefficient (Wildman–Crippen LogP) is 4.23. The van der Waals surface area contributed by atoms with Crippen molar-refractivity contribution in [2.45, 2.75) is 28.6 Å². The molecule has 1 fully saturated rings. The van der Waals surface area contributed by atoms with Crippen LogP contribution in [0.15, 0.2) is 38.7 Å². The van der Waals surface area contributed by atoms with Gasteiger partial charge in [-0.25, -0.2) is 0 Å². The van der Waals surface area contributed by atoms with E-state index in [1.54, 1.807) is 29.7 Å². The minimum Gasteiger partial charge on any atom is -0.360 e. The lowest BCUT2D eigenvalue weighted by atomic mass is 10.0. The molecular formula is C15H15NO2S2. The molecule has 3 nitrogen and oxygen atoms in total. The lowest BCUT2D eigenvalue weighted by Gasteiger charge is -2.08. The van der Waals surface area contributed by atoms with Crippen LogP contribution in [0.3, 0.4) is 0 Å². The van der Waals surface area contributed by atoms with E-state index in [0.29, 0.717) is 11.5 Å². The summed E-state index contributed by atoms with van der Waals surface area (Å²) in [5.74, 6) is 1.17. The molecule has 0 atom stereocenters. The van der Waals surface area contributed by atoms with Crippen molar-refractivity contribution < 1.29 is 9.32 Å². The van der Waals surface area contributed by atoms with E-state index < -0.39 is 0 Å². The van der Waals surface area contributed by atoms with E-state index in [9.17, 15) is 4.79 Å². The first-order valence-electron chi connectivity index (χ1n) is 6.46. The number of nitrogens with zero attached hydrogens (tertiary/aromatic N) is 1. The largest absolute Gasteiger partial charge is 0.360 e. The minimum atomic E-state index is 0.0187. The van der Waals surface area contributed by atoms with Crippen LogP contribution in [-0.4, -0.2) is 23.5 Å². The van der Waals surface area contributed by atoms with Gasteiger partial charge in [-0.15, -0.1) is 23.5 Å². The Kier molecular flexibility index (Phi) is 3.89. The van der Waals surface area contributed by atoms with Crippen LogP contribution in [0, 0.1) is 0 Å². The molecule has 0 N–H and O–H groups in total. The Balaban J connectivity index is 1.99. The maximum absolute atomic E-state index is 12.7. The molecule has 0 saturated heterocycles. The molecule has 1 saturated carbocycles. The van der Waals surface area contributed by atoms with Gasteiger partial charge in [0.1, 0.15) is 0 Å². The average molecular weight is 305 g/mol. The van der Waals surface area contributed by atoms with Gasteiger partial charge >= 0.3 is 0 Å². The van der Waals surface area contributed by atoms with Gasteiger partial charge in [0.2, 0.25) is 0 Å². The van der Waals surface area contributed by atoms with Crippen LogP contribution in [0.25, 0.3) is 0 Å². The molecule has 0 amide bonds. The van der Waals surface area contributed by atoms with Gasteiger partial charge in [-0.3, -0.25) is 4.79 Å². The molecular weight excluding hydrogens is 290 g/mol. The molecule has 20 heavy (non-hydrogen) atoms. The number of aromatic nitrogens is 1. The van der Waals surface area contributed by atoms with Crippen molar-refractivity contribution in [1.29, 1.82) is 0 Å². The van der Waals surface area contributed by atoms with E-state index in [0.717, 1.165) is 29.1 Å². The highest BCUT2D eigenvalue weighted by Gasteiger charge is 2.33. The quantitative estimate of drug-likeness (QED) is 0.611. The number of hydrogen-bond acceptors (Lipinski definition) is 5. The first kappa shape index (κ1) is 13.8. The van der Waals surface area contributed by atoms with Crippen LogP contribution in [0.4, 0.5) is 0 Å². The number of benzene rings is 1. The Morgan fingerprint density at radius 2 is 2.05 bits per heavy atom. The van der Waals surface area contributed by atoms with Gasteiger partial charge in [0.05, 0.1) is 11.8 Å². The minimum absolute atomic E-state index is 0.0187. The van der Waals surface area contributed by atoms with E-state index in [1.807, 2.05) is 24.6 Å². The number of carbonyl (C=O) groups excluding carboxylic acids is 1. The van der Waals surface area contributed by atoms with Crippen molar-refractivity contribution in [3.63, 3.8) is 0 Å². The standard InChI is InChI=1S/C15H15NO2S2/c1-19-10-5-6-11(13(7-10)20-2)14(17)12-8-16-18-15(12)9-3-4-9/h5-9H,3-4H2,1-2H3. The fourth-order valence-corrected chi connectivity index (χ4v) is 3.33. The Bertz CT molecular complexity index is 647. The molecule has 0 aliphatic heterocycles. The second-order valence-electron chi connectivity index (χ2n) is 4.77. The molecule has 1 aromatic heterocycles. The van der Waals surface area contributed by atoms with Crippen LogP contribution in [0.5, 0.6) is 0 Å². The summed E-state index contributed by atoms with van der Waals surface area (Å²) in [6, 6.07) is 5.96. The van der Waals surface area contributed by atoms with Crippen molar-refractivity contribution in [3.05, 3.63) is 41.3 Å². The van der Waals surface area contributed by atoms with Gasteiger partial charge in [-0.2, -0.15) is 0 Å². The molecule has 3 rings (SSSR count). The van der Waals surface area contributed by atoms with E-state index >= 15 is 0 Å². The molecule has 2 aromatic rings. The van der Waals surface area contributed by atoms with E-state index in [-0.39, 0.29) is 5.78 Å². The smallest absolute Gasteiger partial charge is 0.199 e. The Morgan fingerprint density at radius 1 is 1.25 bits per heavy atom. The van der Waals surface area contributed by atoms with Crippen molar-refractivity contribution >= 4 is 29.3 Å². The van der Waals surface area contributed by atoms with Crippen molar-refractivity contribution in [2.75, 3.05) is 12.5 Å². The van der Waals surface area contributed by atoms with Crippen molar-refractivity contribution in [1.82, 2.24) is 5.16 Å². The van der Waals surface area contributed by atoms with Crippen LogP contribution in [0.2, 0.25) is 0 Å². The summed E-state index contributed by atoms with van der Waals surface area (Å²) in [5, 5.41) is 3.81. The number of ketones is 1. The van der Waals surface area contributed by atoms with Crippen LogP contribution in [-0.2, 0) is 0 Å². The molecule has 5 heteroatoms. The summed E-state index contributed by atoms with van der Waals surface area (Å²) < 4.78 is 5.27. The van der Waals surface area contributed by atoms with Crippen LogP contribution < -0.4 is 0 Å². The molecule has 0 spiro atoms. The highest BCUT2D eigenvalue weighted by atomic mass is 32.2. The third-order valence-corrected chi connectivity index (χ3v) is 4.95. The molecule has 1 aromatic carbocycles. The van der Waals surface area contributed by atoms with Crippen molar-refractivity contribution in [3.8, 4) is 0 Å². The zero-order chi connectivity index (χ0) is 14.1. The fraction of sp³-hybridized carbons (Fsp3) is 0.333. The molecule has 1 aliphatic rings. The normalized spacial score (nSPS) is 14.5. The zero-order valence-corrected chi connectivity index (χ0v) is 13.0. The highest BCUT2D eigenvalue weighted by Crippen LogP contribution is 2.42. The summed E-state index contributed by atoms with van der Waals surface area (Å²) in [6.07, 6.45) is 7.77. The number of rotatable bonds is 5. The molecule has 1 aliphatic carbocycles. The summed E-state index contributed by atoms with van der Waals surface area (Å²) >= 11 is 3.27. The van der Waals surface area contributed by atoms with Crippen molar-refractivity contribution in [2.24, 2.45) is 0 Å². The highest BCUT2D eigenvalue weighted by molar-refractivity contribution is 7.99. The molecule has 0 radical (unpaired) electrons.